The third-order valence-corrected chi connectivity index (χ3v) is 4.86. The number of aromatic nitrogens is 4. The summed E-state index contributed by atoms with van der Waals surface area (Å²) in [6.07, 6.45) is 9.73. The van der Waals surface area contributed by atoms with E-state index in [0.717, 1.165) is 47.1 Å². The number of aryl methyl sites for hydroxylation is 3. The van der Waals surface area contributed by atoms with Crippen LogP contribution in [0.1, 0.15) is 37.5 Å². The van der Waals surface area contributed by atoms with E-state index in [0.29, 0.717) is 0 Å². The van der Waals surface area contributed by atoms with Crippen molar-refractivity contribution in [2.24, 2.45) is 4.99 Å². The standard InChI is InChI=1S/C19H22N6/c1-11-5-7-16-18(13(11)3)22-15(10-21-16)6-8-17-23-19-14(4)20-9-12(2)25(19)24-17/h5,7,9-10,16,21H,6,8H2,1-4H3. The number of hydrogen-bond donors (Lipinski definition) is 1. The molecule has 0 radical (unpaired) electrons. The molecule has 1 aliphatic carbocycles. The van der Waals surface area contributed by atoms with E-state index in [9.17, 15) is 0 Å². The summed E-state index contributed by atoms with van der Waals surface area (Å²) in [5.74, 6) is 0.828. The molecule has 0 saturated heterocycles. The highest BCUT2D eigenvalue weighted by Crippen LogP contribution is 2.22. The summed E-state index contributed by atoms with van der Waals surface area (Å²) in [6, 6.07) is 0.192. The van der Waals surface area contributed by atoms with Gasteiger partial charge in [0.25, 0.3) is 0 Å². The molecule has 0 fully saturated rings. The average molecular weight is 334 g/mol. The van der Waals surface area contributed by atoms with Crippen molar-refractivity contribution in [3.8, 4) is 0 Å². The molecule has 1 aliphatic heterocycles. The molecule has 2 aliphatic rings. The summed E-state index contributed by atoms with van der Waals surface area (Å²) in [6.45, 7) is 8.21. The van der Waals surface area contributed by atoms with Gasteiger partial charge in [0.15, 0.2) is 11.5 Å². The fourth-order valence-electron chi connectivity index (χ4n) is 3.16. The van der Waals surface area contributed by atoms with Crippen molar-refractivity contribution in [1.82, 2.24) is 24.9 Å². The van der Waals surface area contributed by atoms with Crippen LogP contribution in [0.4, 0.5) is 0 Å². The Morgan fingerprint density at radius 1 is 1.16 bits per heavy atom. The second-order valence-corrected chi connectivity index (χ2v) is 6.69. The first-order chi connectivity index (χ1) is 12.0. The van der Waals surface area contributed by atoms with Crippen molar-refractivity contribution in [2.45, 2.75) is 46.6 Å². The molecule has 0 spiro atoms. The van der Waals surface area contributed by atoms with Gasteiger partial charge < -0.3 is 5.32 Å². The van der Waals surface area contributed by atoms with Gasteiger partial charge in [-0.25, -0.2) is 9.50 Å². The number of nitrogens with zero attached hydrogens (tertiary/aromatic N) is 5. The Morgan fingerprint density at radius 2 is 2.00 bits per heavy atom. The van der Waals surface area contributed by atoms with Crippen LogP contribution in [-0.2, 0) is 6.42 Å². The van der Waals surface area contributed by atoms with Gasteiger partial charge in [0.05, 0.1) is 28.8 Å². The van der Waals surface area contributed by atoms with Crippen LogP contribution in [-0.4, -0.2) is 31.3 Å². The van der Waals surface area contributed by atoms with Crippen LogP contribution in [0, 0.1) is 13.8 Å². The Bertz CT molecular complexity index is 934. The van der Waals surface area contributed by atoms with E-state index in [2.05, 4.69) is 46.4 Å². The summed E-state index contributed by atoms with van der Waals surface area (Å²) in [5, 5.41) is 8.05. The number of nitrogens with one attached hydrogen (secondary N) is 1. The number of hydrogen-bond acceptors (Lipinski definition) is 5. The average Bonchev–Trinajstić information content (AvgIpc) is 3.05. The van der Waals surface area contributed by atoms with Crippen molar-refractivity contribution in [1.29, 1.82) is 0 Å². The van der Waals surface area contributed by atoms with Crippen LogP contribution in [0.2, 0.25) is 0 Å². The second kappa shape index (κ2) is 5.95. The molecule has 3 heterocycles. The van der Waals surface area contributed by atoms with Gasteiger partial charge in [0, 0.05) is 18.8 Å². The third kappa shape index (κ3) is 2.77. The van der Waals surface area contributed by atoms with Gasteiger partial charge in [0.2, 0.25) is 0 Å². The molecule has 1 N–H and O–H groups in total. The molecular formula is C19H22N6. The van der Waals surface area contributed by atoms with Crippen molar-refractivity contribution in [3.63, 3.8) is 0 Å². The van der Waals surface area contributed by atoms with Crippen molar-refractivity contribution in [3.05, 3.63) is 58.6 Å². The zero-order valence-electron chi connectivity index (χ0n) is 15.0. The summed E-state index contributed by atoms with van der Waals surface area (Å²) < 4.78 is 1.87. The summed E-state index contributed by atoms with van der Waals surface area (Å²) in [7, 11) is 0. The number of rotatable bonds is 3. The minimum Gasteiger partial charge on any atom is -0.378 e. The van der Waals surface area contributed by atoms with Crippen LogP contribution >= 0.6 is 0 Å². The first-order valence-electron chi connectivity index (χ1n) is 8.60. The molecule has 128 valence electrons. The minimum atomic E-state index is 0.192. The lowest BCUT2D eigenvalue weighted by molar-refractivity contribution is 0.772. The summed E-state index contributed by atoms with van der Waals surface area (Å²) in [5.41, 5.74) is 7.43. The lowest BCUT2D eigenvalue weighted by atomic mass is 9.93. The van der Waals surface area contributed by atoms with Crippen LogP contribution in [0.5, 0.6) is 0 Å². The molecule has 25 heavy (non-hydrogen) atoms. The number of allylic oxidation sites excluding steroid dienone is 3. The molecule has 6 nitrogen and oxygen atoms in total. The first kappa shape index (κ1) is 15.7. The Morgan fingerprint density at radius 3 is 2.80 bits per heavy atom. The van der Waals surface area contributed by atoms with Crippen LogP contribution in [0.3, 0.4) is 0 Å². The molecule has 6 heteroatoms. The Labute approximate surface area is 147 Å². The predicted octanol–water partition coefficient (Wildman–Crippen LogP) is 2.83. The second-order valence-electron chi connectivity index (χ2n) is 6.69. The van der Waals surface area contributed by atoms with Gasteiger partial charge in [-0.3, -0.25) is 9.98 Å². The van der Waals surface area contributed by atoms with E-state index in [1.54, 1.807) is 0 Å². The first-order valence-corrected chi connectivity index (χ1v) is 8.60. The van der Waals surface area contributed by atoms with E-state index in [-0.39, 0.29) is 6.04 Å². The van der Waals surface area contributed by atoms with Crippen LogP contribution in [0.15, 0.2) is 46.4 Å². The van der Waals surface area contributed by atoms with Gasteiger partial charge in [-0.1, -0.05) is 12.2 Å². The SMILES string of the molecule is CC1=C(C)C2=NC(CCc3nc4c(C)ncc(C)n4n3)=CNC2C=C1. The van der Waals surface area contributed by atoms with E-state index in [4.69, 9.17) is 4.99 Å². The molecule has 0 amide bonds. The molecular weight excluding hydrogens is 312 g/mol. The largest absolute Gasteiger partial charge is 0.378 e. The fraction of sp³-hybridized carbons (Fsp3) is 0.368. The van der Waals surface area contributed by atoms with Gasteiger partial charge in [-0.05, 0) is 45.3 Å². The normalized spacial score (nSPS) is 19.6. The Hall–Kier alpha value is -2.76. The molecule has 0 saturated carbocycles. The quantitative estimate of drug-likeness (QED) is 0.937. The lowest BCUT2D eigenvalue weighted by Gasteiger charge is -2.26. The van der Waals surface area contributed by atoms with Crippen molar-refractivity contribution in [2.75, 3.05) is 0 Å². The number of aliphatic imine (C=N–C) groups is 1. The topological polar surface area (TPSA) is 67.5 Å². The lowest BCUT2D eigenvalue weighted by Crippen LogP contribution is -2.37. The maximum absolute atomic E-state index is 4.87. The fourth-order valence-corrected chi connectivity index (χ4v) is 3.16. The zero-order chi connectivity index (χ0) is 17.6. The molecule has 4 rings (SSSR count). The van der Waals surface area contributed by atoms with Crippen LogP contribution < -0.4 is 5.32 Å². The zero-order valence-corrected chi connectivity index (χ0v) is 15.0. The highest BCUT2D eigenvalue weighted by Gasteiger charge is 2.22. The molecule has 1 atom stereocenters. The summed E-state index contributed by atoms with van der Waals surface area (Å²) in [4.78, 5) is 13.9. The molecule has 2 aromatic heterocycles. The Balaban J connectivity index is 1.54. The smallest absolute Gasteiger partial charge is 0.177 e. The third-order valence-electron chi connectivity index (χ3n) is 4.86. The molecule has 1 unspecified atom stereocenters. The monoisotopic (exact) mass is 334 g/mol. The predicted molar refractivity (Wildman–Crippen MR) is 98.5 cm³/mol. The molecule has 0 aromatic carbocycles. The van der Waals surface area contributed by atoms with Gasteiger partial charge in [-0.2, -0.15) is 5.10 Å². The maximum Gasteiger partial charge on any atom is 0.177 e. The van der Waals surface area contributed by atoms with Gasteiger partial charge >= 0.3 is 0 Å². The molecule has 2 aromatic rings. The number of fused-ring (bicyclic) bond motifs is 2. The highest BCUT2D eigenvalue weighted by molar-refractivity contribution is 6.07. The summed E-state index contributed by atoms with van der Waals surface area (Å²) >= 11 is 0. The highest BCUT2D eigenvalue weighted by atomic mass is 15.3. The minimum absolute atomic E-state index is 0.192. The van der Waals surface area contributed by atoms with E-state index in [1.165, 1.54) is 11.1 Å². The van der Waals surface area contributed by atoms with Gasteiger partial charge in [-0.15, -0.1) is 0 Å². The Kier molecular flexibility index (Phi) is 3.75. The van der Waals surface area contributed by atoms with Crippen molar-refractivity contribution >= 4 is 11.4 Å². The van der Waals surface area contributed by atoms with Crippen molar-refractivity contribution < 1.29 is 0 Å². The van der Waals surface area contributed by atoms with E-state index >= 15 is 0 Å². The van der Waals surface area contributed by atoms with Gasteiger partial charge in [0.1, 0.15) is 0 Å². The molecule has 0 bridgehead atoms. The van der Waals surface area contributed by atoms with Crippen LogP contribution in [0.25, 0.3) is 5.65 Å². The van der Waals surface area contributed by atoms with E-state index < -0.39 is 0 Å². The van der Waals surface area contributed by atoms with E-state index in [1.807, 2.05) is 30.8 Å². The maximum atomic E-state index is 4.87.